The Hall–Kier alpha value is -1.52. The molecule has 1 aromatic heterocycles. The van der Waals surface area contributed by atoms with Gasteiger partial charge in [0.15, 0.2) is 0 Å². The molecule has 1 rings (SSSR count). The highest BCUT2D eigenvalue weighted by Crippen LogP contribution is 1.85. The molecule has 0 unspecified atom stereocenters. The van der Waals surface area contributed by atoms with Crippen LogP contribution in [-0.2, 0) is 0 Å². The van der Waals surface area contributed by atoms with Gasteiger partial charge in [0, 0.05) is 0 Å². The first-order valence-electron chi connectivity index (χ1n) is 2.66. The van der Waals surface area contributed by atoms with Crippen LogP contribution >= 0.6 is 0 Å². The second-order valence-electron chi connectivity index (χ2n) is 1.67. The molecule has 5 heteroatoms. The van der Waals surface area contributed by atoms with E-state index in [9.17, 15) is 0 Å². The Kier molecular flexibility index (Phi) is 1.89. The number of hydrogen-bond donors (Lipinski definition) is 1. The third-order valence-electron chi connectivity index (χ3n) is 0.873. The Morgan fingerprint density at radius 1 is 1.70 bits per heavy atom. The third kappa shape index (κ3) is 1.48. The zero-order valence-corrected chi connectivity index (χ0v) is 5.39. The highest BCUT2D eigenvalue weighted by Gasteiger charge is 1.90. The maximum atomic E-state index is 8.09. The number of aromatic nitrogens is 3. The lowest BCUT2D eigenvalue weighted by Crippen LogP contribution is -1.95. The van der Waals surface area contributed by atoms with Gasteiger partial charge in [0.25, 0.3) is 0 Å². The van der Waals surface area contributed by atoms with E-state index in [0.717, 1.165) is 0 Å². The minimum atomic E-state index is 0.495. The average Bonchev–Trinajstić information content (AvgIpc) is 1.88. The van der Waals surface area contributed by atoms with Crippen molar-refractivity contribution in [1.29, 1.82) is 0 Å². The monoisotopic (exact) mass is 138 g/mol. The van der Waals surface area contributed by atoms with Gasteiger partial charge in [-0.3, -0.25) is 0 Å². The molecular weight excluding hydrogens is 132 g/mol. The summed E-state index contributed by atoms with van der Waals surface area (Å²) in [4.78, 5) is 3.88. The van der Waals surface area contributed by atoms with Gasteiger partial charge in [0.1, 0.15) is 11.5 Å². The number of oxime groups is 1. The van der Waals surface area contributed by atoms with Crippen molar-refractivity contribution in [2.75, 3.05) is 0 Å². The summed E-state index contributed by atoms with van der Waals surface area (Å²) in [5, 5.41) is 18.1. The molecule has 0 aliphatic heterocycles. The number of aryl methyl sites for hydroxylation is 1. The molecule has 0 aromatic carbocycles. The van der Waals surface area contributed by atoms with Crippen LogP contribution in [0, 0.1) is 6.92 Å². The van der Waals surface area contributed by atoms with Gasteiger partial charge in [0.2, 0.25) is 0 Å². The smallest absolute Gasteiger partial charge is 0.148 e. The van der Waals surface area contributed by atoms with Crippen LogP contribution in [0.3, 0.4) is 0 Å². The van der Waals surface area contributed by atoms with Crippen LogP contribution in [0.4, 0.5) is 0 Å². The first kappa shape index (κ1) is 6.60. The maximum absolute atomic E-state index is 8.09. The Labute approximate surface area is 57.4 Å². The molecule has 1 aromatic rings. The first-order chi connectivity index (χ1) is 4.83. The molecule has 0 bridgehead atoms. The van der Waals surface area contributed by atoms with Crippen molar-refractivity contribution in [3.05, 3.63) is 17.7 Å². The van der Waals surface area contributed by atoms with E-state index in [2.05, 4.69) is 20.3 Å². The van der Waals surface area contributed by atoms with Crippen LogP contribution in [0.1, 0.15) is 11.5 Å². The summed E-state index contributed by atoms with van der Waals surface area (Å²) in [6.07, 6.45) is 2.61. The number of hydrogen-bond acceptors (Lipinski definition) is 5. The zero-order chi connectivity index (χ0) is 7.40. The van der Waals surface area contributed by atoms with Crippen LogP contribution in [0.25, 0.3) is 0 Å². The van der Waals surface area contributed by atoms with Gasteiger partial charge >= 0.3 is 0 Å². The summed E-state index contributed by atoms with van der Waals surface area (Å²) in [6, 6.07) is 0. The van der Waals surface area contributed by atoms with Crippen molar-refractivity contribution >= 4 is 6.21 Å². The van der Waals surface area contributed by atoms with Crippen LogP contribution in [0.2, 0.25) is 0 Å². The van der Waals surface area contributed by atoms with Crippen LogP contribution in [0.15, 0.2) is 11.4 Å². The van der Waals surface area contributed by atoms with Crippen molar-refractivity contribution in [2.45, 2.75) is 6.92 Å². The standard InChI is InChI=1S/C5H6N4O/c1-4-8-5(3-7-10)2-6-9-4/h2-3,10H,1H3/b7-3-. The van der Waals surface area contributed by atoms with Gasteiger partial charge in [-0.1, -0.05) is 5.16 Å². The Morgan fingerprint density at radius 3 is 3.10 bits per heavy atom. The Balaban J connectivity index is 2.95. The van der Waals surface area contributed by atoms with Crippen LogP contribution < -0.4 is 0 Å². The third-order valence-corrected chi connectivity index (χ3v) is 0.873. The molecule has 0 amide bonds. The number of rotatable bonds is 1. The topological polar surface area (TPSA) is 71.3 Å². The molecule has 1 N–H and O–H groups in total. The molecule has 0 aliphatic carbocycles. The fourth-order valence-electron chi connectivity index (χ4n) is 0.531. The fraction of sp³-hybridized carbons (Fsp3) is 0.200. The molecule has 0 atom stereocenters. The quantitative estimate of drug-likeness (QED) is 0.336. The lowest BCUT2D eigenvalue weighted by atomic mass is 10.5. The molecule has 0 aliphatic rings. The van der Waals surface area contributed by atoms with Crippen LogP contribution in [-0.4, -0.2) is 26.6 Å². The summed E-state index contributed by atoms with van der Waals surface area (Å²) in [5.41, 5.74) is 0.495. The molecule has 0 spiro atoms. The summed E-state index contributed by atoms with van der Waals surface area (Å²) < 4.78 is 0. The highest BCUT2D eigenvalue weighted by atomic mass is 16.4. The van der Waals surface area contributed by atoms with E-state index >= 15 is 0 Å². The number of nitrogens with zero attached hydrogens (tertiary/aromatic N) is 4. The van der Waals surface area contributed by atoms with Gasteiger partial charge in [0.05, 0.1) is 12.4 Å². The van der Waals surface area contributed by atoms with E-state index in [1.165, 1.54) is 12.4 Å². The summed E-state index contributed by atoms with van der Waals surface area (Å²) in [7, 11) is 0. The molecule has 0 radical (unpaired) electrons. The first-order valence-corrected chi connectivity index (χ1v) is 2.66. The van der Waals surface area contributed by atoms with Crippen LogP contribution in [0.5, 0.6) is 0 Å². The molecule has 10 heavy (non-hydrogen) atoms. The van der Waals surface area contributed by atoms with E-state index in [1.807, 2.05) is 0 Å². The predicted octanol–water partition coefficient (Wildman–Crippen LogP) is -0.0119. The Bertz CT molecular complexity index is 247. The average molecular weight is 138 g/mol. The van der Waals surface area contributed by atoms with Crippen molar-refractivity contribution in [3.63, 3.8) is 0 Å². The molecule has 0 fully saturated rings. The Morgan fingerprint density at radius 2 is 2.50 bits per heavy atom. The molecule has 0 saturated carbocycles. The van der Waals surface area contributed by atoms with Gasteiger partial charge in [-0.25, -0.2) is 4.98 Å². The van der Waals surface area contributed by atoms with Gasteiger partial charge in [-0.15, -0.1) is 5.10 Å². The largest absolute Gasteiger partial charge is 0.411 e. The zero-order valence-electron chi connectivity index (χ0n) is 5.39. The van der Waals surface area contributed by atoms with Gasteiger partial charge in [-0.2, -0.15) is 5.10 Å². The SMILES string of the molecule is Cc1nncc(/C=N\O)n1. The molecule has 52 valence electrons. The predicted molar refractivity (Wildman–Crippen MR) is 33.9 cm³/mol. The second-order valence-corrected chi connectivity index (χ2v) is 1.67. The lowest BCUT2D eigenvalue weighted by Gasteiger charge is -1.89. The van der Waals surface area contributed by atoms with Gasteiger partial charge in [-0.05, 0) is 6.92 Å². The summed E-state index contributed by atoms with van der Waals surface area (Å²) in [6.45, 7) is 1.71. The molecule has 5 nitrogen and oxygen atoms in total. The minimum Gasteiger partial charge on any atom is -0.411 e. The highest BCUT2D eigenvalue weighted by molar-refractivity contribution is 5.75. The second kappa shape index (κ2) is 2.86. The molecular formula is C5H6N4O. The van der Waals surface area contributed by atoms with E-state index in [1.54, 1.807) is 6.92 Å². The lowest BCUT2D eigenvalue weighted by molar-refractivity contribution is 0.321. The van der Waals surface area contributed by atoms with Crippen molar-refractivity contribution in [3.8, 4) is 0 Å². The summed E-state index contributed by atoms with van der Waals surface area (Å²) in [5.74, 6) is 0.553. The van der Waals surface area contributed by atoms with Crippen molar-refractivity contribution in [1.82, 2.24) is 15.2 Å². The van der Waals surface area contributed by atoms with E-state index in [4.69, 9.17) is 5.21 Å². The fourth-order valence-corrected chi connectivity index (χ4v) is 0.531. The van der Waals surface area contributed by atoms with E-state index < -0.39 is 0 Å². The van der Waals surface area contributed by atoms with Crippen molar-refractivity contribution in [2.24, 2.45) is 5.16 Å². The van der Waals surface area contributed by atoms with E-state index in [-0.39, 0.29) is 0 Å². The maximum Gasteiger partial charge on any atom is 0.148 e. The van der Waals surface area contributed by atoms with E-state index in [0.29, 0.717) is 11.5 Å². The summed E-state index contributed by atoms with van der Waals surface area (Å²) >= 11 is 0. The normalized spacial score (nSPS) is 10.5. The minimum absolute atomic E-state index is 0.495. The van der Waals surface area contributed by atoms with Crippen molar-refractivity contribution < 1.29 is 5.21 Å². The molecule has 0 saturated heterocycles. The molecule has 1 heterocycles. The van der Waals surface area contributed by atoms with Gasteiger partial charge < -0.3 is 5.21 Å².